The van der Waals surface area contributed by atoms with Crippen LogP contribution in [0.1, 0.15) is 41.3 Å². The summed E-state index contributed by atoms with van der Waals surface area (Å²) in [5, 5.41) is 3.90. The molecular formula is C26H31N5O3S. The fourth-order valence-corrected chi connectivity index (χ4v) is 5.50. The highest BCUT2D eigenvalue weighted by atomic mass is 32.1. The van der Waals surface area contributed by atoms with Gasteiger partial charge in [-0.1, -0.05) is 18.2 Å². The number of aromatic nitrogens is 2. The highest BCUT2D eigenvalue weighted by molar-refractivity contribution is 7.16. The number of ether oxygens (including phenoxy) is 1. The molecule has 0 spiro atoms. The molecule has 2 amide bonds. The summed E-state index contributed by atoms with van der Waals surface area (Å²) in [6, 6.07) is 7.83. The van der Waals surface area contributed by atoms with E-state index in [0.29, 0.717) is 45.5 Å². The fourth-order valence-electron chi connectivity index (χ4n) is 4.25. The van der Waals surface area contributed by atoms with E-state index < -0.39 is 0 Å². The lowest BCUT2D eigenvalue weighted by atomic mass is 10.0. The van der Waals surface area contributed by atoms with Crippen molar-refractivity contribution in [3.05, 3.63) is 64.6 Å². The summed E-state index contributed by atoms with van der Waals surface area (Å²) >= 11 is 1.54. The Morgan fingerprint density at radius 3 is 2.91 bits per heavy atom. The topological polar surface area (TPSA) is 88.8 Å². The standard InChI is InChI=1S/C26H31N5O3S/c1-3-34-22-7-5-4-6-19(22)8-9-24(32)29-26-21(16-27-2)20-10-14-31(17-23(20)35-26)25(33)11-13-30-15-12-28-18-30/h4-7,12,15-16,18H,3,8-11,13-14,17H2,1-2H3,(H,29,32). The number of carbonyl (C=O) groups excluding carboxylic acids is 2. The predicted octanol–water partition coefficient (Wildman–Crippen LogP) is 3.94. The predicted molar refractivity (Wildman–Crippen MR) is 138 cm³/mol. The molecule has 1 aromatic carbocycles. The van der Waals surface area contributed by atoms with Crippen LogP contribution >= 0.6 is 11.3 Å². The monoisotopic (exact) mass is 493 g/mol. The van der Waals surface area contributed by atoms with Gasteiger partial charge in [-0.05, 0) is 37.0 Å². The number of hydrogen-bond donors (Lipinski definition) is 1. The Bertz CT molecular complexity index is 1190. The number of carbonyl (C=O) groups is 2. The van der Waals surface area contributed by atoms with Crippen LogP contribution < -0.4 is 10.1 Å². The molecule has 8 nitrogen and oxygen atoms in total. The van der Waals surface area contributed by atoms with Crippen LogP contribution in [0.2, 0.25) is 0 Å². The molecular weight excluding hydrogens is 462 g/mol. The Kier molecular flexibility index (Phi) is 8.31. The number of benzene rings is 1. The lowest BCUT2D eigenvalue weighted by molar-refractivity contribution is -0.132. The molecule has 1 N–H and O–H groups in total. The van der Waals surface area contributed by atoms with Gasteiger partial charge in [-0.2, -0.15) is 0 Å². The van der Waals surface area contributed by atoms with Crippen LogP contribution in [0, 0.1) is 0 Å². The third-order valence-electron chi connectivity index (χ3n) is 6.00. The molecule has 35 heavy (non-hydrogen) atoms. The average molecular weight is 494 g/mol. The van der Waals surface area contributed by atoms with Gasteiger partial charge in [0.25, 0.3) is 0 Å². The molecule has 0 atom stereocenters. The molecule has 1 aliphatic rings. The number of thiophene rings is 1. The lowest BCUT2D eigenvalue weighted by Gasteiger charge is -2.27. The normalized spacial score (nSPS) is 13.1. The van der Waals surface area contributed by atoms with E-state index in [1.807, 2.05) is 53.1 Å². The second-order valence-electron chi connectivity index (χ2n) is 8.34. The van der Waals surface area contributed by atoms with E-state index in [2.05, 4.69) is 15.3 Å². The lowest BCUT2D eigenvalue weighted by Crippen LogP contribution is -2.35. The van der Waals surface area contributed by atoms with Crippen molar-refractivity contribution in [2.75, 3.05) is 25.5 Å². The number of fused-ring (bicyclic) bond motifs is 1. The molecule has 184 valence electrons. The Labute approximate surface area is 209 Å². The first-order chi connectivity index (χ1) is 17.1. The van der Waals surface area contributed by atoms with Gasteiger partial charge in [-0.25, -0.2) is 4.98 Å². The fraction of sp³-hybridized carbons (Fsp3) is 0.385. The van der Waals surface area contributed by atoms with Crippen molar-refractivity contribution < 1.29 is 14.3 Å². The maximum absolute atomic E-state index is 12.8. The summed E-state index contributed by atoms with van der Waals surface area (Å²) in [6.07, 6.45) is 9.26. The van der Waals surface area contributed by atoms with E-state index in [9.17, 15) is 9.59 Å². The van der Waals surface area contributed by atoms with E-state index in [-0.39, 0.29) is 11.8 Å². The van der Waals surface area contributed by atoms with Gasteiger partial charge in [-0.15, -0.1) is 11.3 Å². The van der Waals surface area contributed by atoms with E-state index in [1.54, 1.807) is 30.9 Å². The number of nitrogens with zero attached hydrogens (tertiary/aromatic N) is 4. The molecule has 1 aliphatic heterocycles. The zero-order chi connectivity index (χ0) is 24.6. The molecule has 9 heteroatoms. The van der Waals surface area contributed by atoms with E-state index in [0.717, 1.165) is 33.2 Å². The first kappa shape index (κ1) is 24.7. The maximum atomic E-state index is 12.8. The zero-order valence-electron chi connectivity index (χ0n) is 20.2. The van der Waals surface area contributed by atoms with Gasteiger partial charge in [0.1, 0.15) is 10.8 Å². The minimum Gasteiger partial charge on any atom is -0.494 e. The van der Waals surface area contributed by atoms with Gasteiger partial charge >= 0.3 is 0 Å². The van der Waals surface area contributed by atoms with Crippen LogP contribution in [-0.2, 0) is 35.5 Å². The summed E-state index contributed by atoms with van der Waals surface area (Å²) in [4.78, 5) is 36.9. The minimum atomic E-state index is -0.0473. The van der Waals surface area contributed by atoms with E-state index in [4.69, 9.17) is 4.74 Å². The highest BCUT2D eigenvalue weighted by Gasteiger charge is 2.26. The quantitative estimate of drug-likeness (QED) is 0.433. The number of nitrogens with one attached hydrogen (secondary N) is 1. The maximum Gasteiger partial charge on any atom is 0.225 e. The van der Waals surface area contributed by atoms with Crippen molar-refractivity contribution in [2.24, 2.45) is 4.99 Å². The molecule has 0 saturated heterocycles. The summed E-state index contributed by atoms with van der Waals surface area (Å²) in [7, 11) is 1.73. The third kappa shape index (κ3) is 6.16. The van der Waals surface area contributed by atoms with Gasteiger partial charge in [-0.3, -0.25) is 14.6 Å². The van der Waals surface area contributed by atoms with E-state index in [1.165, 1.54) is 5.56 Å². The van der Waals surface area contributed by atoms with Crippen LogP contribution in [-0.4, -0.2) is 52.7 Å². The Hall–Kier alpha value is -3.46. The highest BCUT2D eigenvalue weighted by Crippen LogP contribution is 2.36. The number of aryl methyl sites for hydroxylation is 2. The Morgan fingerprint density at radius 2 is 2.14 bits per heavy atom. The molecule has 2 aromatic heterocycles. The van der Waals surface area contributed by atoms with Crippen molar-refractivity contribution in [1.29, 1.82) is 0 Å². The van der Waals surface area contributed by atoms with E-state index >= 15 is 0 Å². The second kappa shape index (κ2) is 11.8. The number of anilines is 1. The van der Waals surface area contributed by atoms with Crippen molar-refractivity contribution in [2.45, 2.75) is 45.7 Å². The molecule has 0 radical (unpaired) electrons. The number of rotatable bonds is 10. The first-order valence-electron chi connectivity index (χ1n) is 11.9. The van der Waals surface area contributed by atoms with Crippen molar-refractivity contribution in [1.82, 2.24) is 14.5 Å². The van der Waals surface area contributed by atoms with Crippen molar-refractivity contribution in [3.63, 3.8) is 0 Å². The average Bonchev–Trinajstić information content (AvgIpc) is 3.50. The second-order valence-corrected chi connectivity index (χ2v) is 9.44. The smallest absolute Gasteiger partial charge is 0.225 e. The van der Waals surface area contributed by atoms with Crippen LogP contribution in [0.15, 0.2) is 48.0 Å². The number of amides is 2. The number of hydrogen-bond acceptors (Lipinski definition) is 6. The molecule has 0 fully saturated rings. The van der Waals surface area contributed by atoms with Crippen LogP contribution in [0.4, 0.5) is 5.00 Å². The molecule has 0 bridgehead atoms. The molecule has 4 rings (SSSR count). The molecule has 3 heterocycles. The number of para-hydroxylation sites is 1. The molecule has 0 saturated carbocycles. The first-order valence-corrected chi connectivity index (χ1v) is 12.7. The summed E-state index contributed by atoms with van der Waals surface area (Å²) in [5.41, 5.74) is 3.16. The minimum absolute atomic E-state index is 0.0473. The van der Waals surface area contributed by atoms with Gasteiger partial charge < -0.3 is 19.5 Å². The van der Waals surface area contributed by atoms with Crippen molar-refractivity contribution >= 4 is 34.4 Å². The third-order valence-corrected chi connectivity index (χ3v) is 7.15. The molecule has 3 aromatic rings. The molecule has 0 unspecified atom stereocenters. The summed E-state index contributed by atoms with van der Waals surface area (Å²) in [5.74, 6) is 0.905. The van der Waals surface area contributed by atoms with Crippen LogP contribution in [0.5, 0.6) is 5.75 Å². The number of aliphatic imine (C=N–C) groups is 1. The summed E-state index contributed by atoms with van der Waals surface area (Å²) < 4.78 is 7.59. The van der Waals surface area contributed by atoms with Crippen LogP contribution in [0.3, 0.4) is 0 Å². The SMILES string of the molecule is CCOc1ccccc1CCC(=O)Nc1sc2c(c1C=NC)CCN(C(=O)CCn1ccnc1)C2. The van der Waals surface area contributed by atoms with Gasteiger partial charge in [0.15, 0.2) is 0 Å². The Morgan fingerprint density at radius 1 is 1.29 bits per heavy atom. The van der Waals surface area contributed by atoms with Gasteiger partial charge in [0.05, 0.1) is 19.5 Å². The van der Waals surface area contributed by atoms with Gasteiger partial charge in [0.2, 0.25) is 11.8 Å². The summed E-state index contributed by atoms with van der Waals surface area (Å²) in [6.45, 7) is 4.39. The number of imidazole rings is 1. The zero-order valence-corrected chi connectivity index (χ0v) is 21.0. The Balaban J connectivity index is 1.40. The van der Waals surface area contributed by atoms with Crippen molar-refractivity contribution in [3.8, 4) is 5.75 Å². The molecule has 0 aliphatic carbocycles. The van der Waals surface area contributed by atoms with Crippen LogP contribution in [0.25, 0.3) is 0 Å². The van der Waals surface area contributed by atoms with Gasteiger partial charge in [0, 0.05) is 62.0 Å². The largest absolute Gasteiger partial charge is 0.494 e.